The Balaban J connectivity index is 4.15. The van der Waals surface area contributed by atoms with E-state index in [1.165, 1.54) is 0 Å². The fourth-order valence-corrected chi connectivity index (χ4v) is 2.24. The Labute approximate surface area is 92.8 Å². The summed E-state index contributed by atoms with van der Waals surface area (Å²) in [4.78, 5) is 0. The first kappa shape index (κ1) is 14.9. The highest BCUT2D eigenvalue weighted by Crippen LogP contribution is 2.21. The standard InChI is InChI=1S/C10H23NO3S/c1-4-15(13,14)7-5-6-10(12,8-11)9(2)3/h9,12H,4-8,11H2,1-3H3. The van der Waals surface area contributed by atoms with E-state index < -0.39 is 15.4 Å². The Morgan fingerprint density at radius 1 is 1.40 bits per heavy atom. The van der Waals surface area contributed by atoms with E-state index in [0.29, 0.717) is 12.8 Å². The van der Waals surface area contributed by atoms with Gasteiger partial charge in [-0.3, -0.25) is 0 Å². The van der Waals surface area contributed by atoms with Gasteiger partial charge in [0, 0.05) is 12.3 Å². The molecule has 0 rings (SSSR count). The van der Waals surface area contributed by atoms with Crippen molar-refractivity contribution >= 4 is 9.84 Å². The number of rotatable bonds is 7. The van der Waals surface area contributed by atoms with Gasteiger partial charge < -0.3 is 10.8 Å². The molecule has 1 atom stereocenters. The van der Waals surface area contributed by atoms with Crippen molar-refractivity contribution in [2.45, 2.75) is 39.2 Å². The second-order valence-corrected chi connectivity index (χ2v) is 6.78. The lowest BCUT2D eigenvalue weighted by Crippen LogP contribution is -2.43. The molecule has 0 amide bonds. The van der Waals surface area contributed by atoms with Gasteiger partial charge >= 0.3 is 0 Å². The molecule has 0 saturated heterocycles. The van der Waals surface area contributed by atoms with E-state index in [9.17, 15) is 13.5 Å². The fourth-order valence-electron chi connectivity index (χ4n) is 1.37. The molecule has 1 unspecified atom stereocenters. The van der Waals surface area contributed by atoms with Crippen LogP contribution in [0.15, 0.2) is 0 Å². The van der Waals surface area contributed by atoms with E-state index in [-0.39, 0.29) is 24.0 Å². The second kappa shape index (κ2) is 5.82. The van der Waals surface area contributed by atoms with Crippen LogP contribution in [0.5, 0.6) is 0 Å². The lowest BCUT2D eigenvalue weighted by atomic mass is 9.86. The fraction of sp³-hybridized carbons (Fsp3) is 1.00. The summed E-state index contributed by atoms with van der Waals surface area (Å²) >= 11 is 0. The van der Waals surface area contributed by atoms with Crippen LogP contribution < -0.4 is 5.73 Å². The molecule has 15 heavy (non-hydrogen) atoms. The Morgan fingerprint density at radius 2 is 1.93 bits per heavy atom. The first-order chi connectivity index (χ1) is 6.77. The summed E-state index contributed by atoms with van der Waals surface area (Å²) in [6.07, 6.45) is 0.919. The van der Waals surface area contributed by atoms with Crippen LogP contribution in [0, 0.1) is 5.92 Å². The van der Waals surface area contributed by atoms with Crippen molar-refractivity contribution in [3.8, 4) is 0 Å². The zero-order chi connectivity index (χ0) is 12.1. The normalized spacial score (nSPS) is 16.7. The second-order valence-electron chi connectivity index (χ2n) is 4.30. The van der Waals surface area contributed by atoms with E-state index in [0.717, 1.165) is 0 Å². The molecule has 3 N–H and O–H groups in total. The van der Waals surface area contributed by atoms with Gasteiger partial charge in [-0.1, -0.05) is 20.8 Å². The van der Waals surface area contributed by atoms with Crippen LogP contribution >= 0.6 is 0 Å². The molecule has 0 aromatic carbocycles. The van der Waals surface area contributed by atoms with Crippen LogP contribution in [0.25, 0.3) is 0 Å². The van der Waals surface area contributed by atoms with Crippen LogP contribution in [-0.4, -0.2) is 37.2 Å². The van der Waals surface area contributed by atoms with Gasteiger partial charge in [-0.25, -0.2) is 8.42 Å². The summed E-state index contributed by atoms with van der Waals surface area (Å²) in [5, 5.41) is 10.0. The first-order valence-electron chi connectivity index (χ1n) is 5.40. The van der Waals surface area contributed by atoms with E-state index in [1.54, 1.807) is 6.92 Å². The molecule has 5 heteroatoms. The van der Waals surface area contributed by atoms with Crippen molar-refractivity contribution in [1.29, 1.82) is 0 Å². The SMILES string of the molecule is CCS(=O)(=O)CCCC(O)(CN)C(C)C. The molecular formula is C10H23NO3S. The number of sulfone groups is 1. The lowest BCUT2D eigenvalue weighted by molar-refractivity contribution is -0.00468. The van der Waals surface area contributed by atoms with E-state index >= 15 is 0 Å². The van der Waals surface area contributed by atoms with Crippen molar-refractivity contribution in [2.75, 3.05) is 18.1 Å². The summed E-state index contributed by atoms with van der Waals surface area (Å²) in [6.45, 7) is 5.59. The zero-order valence-corrected chi connectivity index (χ0v) is 10.7. The molecule has 0 aliphatic heterocycles. The molecule has 0 aliphatic rings. The van der Waals surface area contributed by atoms with Crippen LogP contribution in [0.1, 0.15) is 33.6 Å². The number of nitrogens with two attached hydrogens (primary N) is 1. The van der Waals surface area contributed by atoms with Crippen LogP contribution in [-0.2, 0) is 9.84 Å². The Bertz CT molecular complexity index is 274. The Hall–Kier alpha value is -0.130. The lowest BCUT2D eigenvalue weighted by Gasteiger charge is -2.30. The molecule has 0 saturated carbocycles. The minimum atomic E-state index is -2.93. The quantitative estimate of drug-likeness (QED) is 0.677. The Morgan fingerprint density at radius 3 is 2.27 bits per heavy atom. The highest BCUT2D eigenvalue weighted by atomic mass is 32.2. The van der Waals surface area contributed by atoms with Crippen LogP contribution in [0.2, 0.25) is 0 Å². The monoisotopic (exact) mass is 237 g/mol. The zero-order valence-electron chi connectivity index (χ0n) is 9.86. The van der Waals surface area contributed by atoms with E-state index in [1.807, 2.05) is 13.8 Å². The molecule has 0 radical (unpaired) electrons. The first-order valence-corrected chi connectivity index (χ1v) is 7.22. The molecule has 0 bridgehead atoms. The maximum atomic E-state index is 11.2. The van der Waals surface area contributed by atoms with E-state index in [4.69, 9.17) is 5.73 Å². The molecule has 4 nitrogen and oxygen atoms in total. The van der Waals surface area contributed by atoms with Crippen LogP contribution in [0.3, 0.4) is 0 Å². The summed E-state index contributed by atoms with van der Waals surface area (Å²) in [6, 6.07) is 0. The number of hydrogen-bond acceptors (Lipinski definition) is 4. The van der Waals surface area contributed by atoms with Gasteiger partial charge in [0.15, 0.2) is 0 Å². The summed E-state index contributed by atoms with van der Waals surface area (Å²) < 4.78 is 22.5. The average molecular weight is 237 g/mol. The third-order valence-electron chi connectivity index (χ3n) is 2.93. The average Bonchev–Trinajstić information content (AvgIpc) is 2.17. The largest absolute Gasteiger partial charge is 0.388 e. The molecule has 0 spiro atoms. The van der Waals surface area contributed by atoms with Gasteiger partial charge in [0.05, 0.1) is 11.4 Å². The van der Waals surface area contributed by atoms with Crippen molar-refractivity contribution in [1.82, 2.24) is 0 Å². The highest BCUT2D eigenvalue weighted by molar-refractivity contribution is 7.91. The number of aliphatic hydroxyl groups is 1. The van der Waals surface area contributed by atoms with Crippen molar-refractivity contribution < 1.29 is 13.5 Å². The van der Waals surface area contributed by atoms with E-state index in [2.05, 4.69) is 0 Å². The molecule has 0 aromatic rings. The molecule has 0 fully saturated rings. The minimum Gasteiger partial charge on any atom is -0.388 e. The topological polar surface area (TPSA) is 80.4 Å². The van der Waals surface area contributed by atoms with Gasteiger partial charge in [0.2, 0.25) is 0 Å². The van der Waals surface area contributed by atoms with Crippen LogP contribution in [0.4, 0.5) is 0 Å². The third-order valence-corrected chi connectivity index (χ3v) is 4.72. The van der Waals surface area contributed by atoms with Gasteiger partial charge in [0.1, 0.15) is 9.84 Å². The van der Waals surface area contributed by atoms with Crippen molar-refractivity contribution in [3.63, 3.8) is 0 Å². The molecule has 92 valence electrons. The van der Waals surface area contributed by atoms with Gasteiger partial charge in [-0.2, -0.15) is 0 Å². The van der Waals surface area contributed by atoms with Crippen molar-refractivity contribution in [2.24, 2.45) is 11.7 Å². The number of hydrogen-bond donors (Lipinski definition) is 2. The predicted octanol–water partition coefficient (Wildman–Crippen LogP) is 0.547. The van der Waals surface area contributed by atoms with Gasteiger partial charge in [-0.15, -0.1) is 0 Å². The molecule has 0 heterocycles. The predicted molar refractivity (Wildman–Crippen MR) is 62.4 cm³/mol. The summed E-state index contributed by atoms with van der Waals surface area (Å²) in [7, 11) is -2.93. The maximum absolute atomic E-state index is 11.2. The Kier molecular flexibility index (Phi) is 5.77. The van der Waals surface area contributed by atoms with Gasteiger partial charge in [-0.05, 0) is 18.8 Å². The summed E-state index contributed by atoms with van der Waals surface area (Å²) in [5.74, 6) is 0.348. The molecule has 0 aromatic heterocycles. The summed E-state index contributed by atoms with van der Waals surface area (Å²) in [5.41, 5.74) is 4.56. The maximum Gasteiger partial charge on any atom is 0.150 e. The smallest absolute Gasteiger partial charge is 0.150 e. The third kappa shape index (κ3) is 4.95. The van der Waals surface area contributed by atoms with Crippen molar-refractivity contribution in [3.05, 3.63) is 0 Å². The molecule has 0 aliphatic carbocycles. The van der Waals surface area contributed by atoms with Gasteiger partial charge in [0.25, 0.3) is 0 Å². The molecular weight excluding hydrogens is 214 g/mol. The minimum absolute atomic E-state index is 0.0480. The highest BCUT2D eigenvalue weighted by Gasteiger charge is 2.29.